The average molecular weight is 305 g/mol. The van der Waals surface area contributed by atoms with Gasteiger partial charge in [-0.15, -0.1) is 0 Å². The normalized spacial score (nSPS) is 15.9. The van der Waals surface area contributed by atoms with Crippen molar-refractivity contribution >= 4 is 17.6 Å². The molecule has 1 aromatic rings. The van der Waals surface area contributed by atoms with Gasteiger partial charge in [-0.2, -0.15) is 0 Å². The van der Waals surface area contributed by atoms with E-state index in [0.29, 0.717) is 6.10 Å². The number of nitrogens with one attached hydrogen (secondary N) is 3. The van der Waals surface area contributed by atoms with Crippen molar-refractivity contribution in [2.24, 2.45) is 0 Å². The number of carbonyl (C=O) groups is 2. The second-order valence-electron chi connectivity index (χ2n) is 5.48. The van der Waals surface area contributed by atoms with Gasteiger partial charge < -0.3 is 15.4 Å². The summed E-state index contributed by atoms with van der Waals surface area (Å²) >= 11 is 0. The van der Waals surface area contributed by atoms with Gasteiger partial charge in [0.2, 0.25) is 5.91 Å². The number of ether oxygens (including phenoxy) is 1. The topological polar surface area (TPSA) is 79.5 Å². The summed E-state index contributed by atoms with van der Waals surface area (Å²) in [5, 5.41) is 7.62. The summed E-state index contributed by atoms with van der Waals surface area (Å²) in [7, 11) is 1.46. The van der Waals surface area contributed by atoms with Crippen LogP contribution >= 0.6 is 0 Å². The standard InChI is InChI=1S/C16H23N3O3/c1-11(15(20)19-16(21)17-2)18-12-7-9-14(10-8-12)22-13-5-3-4-6-13/h7-11,13,18H,3-6H2,1-2H3,(H2,17,19,20,21). The zero-order chi connectivity index (χ0) is 15.9. The first-order chi connectivity index (χ1) is 10.6. The molecule has 22 heavy (non-hydrogen) atoms. The van der Waals surface area contributed by atoms with Gasteiger partial charge in [0.15, 0.2) is 0 Å². The Balaban J connectivity index is 1.84. The van der Waals surface area contributed by atoms with Crippen molar-refractivity contribution in [3.05, 3.63) is 24.3 Å². The number of rotatable bonds is 5. The number of hydrogen-bond donors (Lipinski definition) is 3. The SMILES string of the molecule is CNC(=O)NC(=O)C(C)Nc1ccc(OC2CCCC2)cc1. The number of benzene rings is 1. The van der Waals surface area contributed by atoms with Crippen LogP contribution in [0, 0.1) is 0 Å². The number of urea groups is 1. The van der Waals surface area contributed by atoms with Crippen molar-refractivity contribution in [2.45, 2.75) is 44.8 Å². The molecule has 3 N–H and O–H groups in total. The Kier molecular flexibility index (Phi) is 5.63. The molecule has 6 heteroatoms. The molecule has 1 atom stereocenters. The molecule has 3 amide bonds. The van der Waals surface area contributed by atoms with Gasteiger partial charge in [0.25, 0.3) is 0 Å². The molecule has 1 aromatic carbocycles. The molecule has 0 radical (unpaired) electrons. The molecule has 0 aromatic heterocycles. The Morgan fingerprint density at radius 1 is 1.18 bits per heavy atom. The predicted molar refractivity (Wildman–Crippen MR) is 85.0 cm³/mol. The highest BCUT2D eigenvalue weighted by atomic mass is 16.5. The van der Waals surface area contributed by atoms with E-state index in [4.69, 9.17) is 4.74 Å². The molecule has 0 bridgehead atoms. The molecule has 1 aliphatic rings. The Morgan fingerprint density at radius 3 is 2.41 bits per heavy atom. The minimum atomic E-state index is -0.515. The average Bonchev–Trinajstić information content (AvgIpc) is 3.02. The van der Waals surface area contributed by atoms with Crippen molar-refractivity contribution in [2.75, 3.05) is 12.4 Å². The monoisotopic (exact) mass is 305 g/mol. The summed E-state index contributed by atoms with van der Waals surface area (Å²) < 4.78 is 5.89. The minimum absolute atomic E-state index is 0.330. The summed E-state index contributed by atoms with van der Waals surface area (Å²) in [6, 6.07) is 6.49. The Labute approximate surface area is 130 Å². The first kappa shape index (κ1) is 16.1. The van der Waals surface area contributed by atoms with Crippen LogP contribution in [0.15, 0.2) is 24.3 Å². The summed E-state index contributed by atoms with van der Waals surface area (Å²) in [5.41, 5.74) is 0.804. The molecular weight excluding hydrogens is 282 g/mol. The van der Waals surface area contributed by atoms with Crippen molar-refractivity contribution < 1.29 is 14.3 Å². The van der Waals surface area contributed by atoms with E-state index in [1.807, 2.05) is 24.3 Å². The highest BCUT2D eigenvalue weighted by molar-refractivity contribution is 5.97. The number of imide groups is 1. The van der Waals surface area contributed by atoms with Crippen LogP contribution in [0.2, 0.25) is 0 Å². The number of hydrogen-bond acceptors (Lipinski definition) is 4. The maximum Gasteiger partial charge on any atom is 0.321 e. The van der Waals surface area contributed by atoms with Crippen LogP contribution in [0.4, 0.5) is 10.5 Å². The van der Waals surface area contributed by atoms with E-state index in [2.05, 4.69) is 16.0 Å². The fourth-order valence-corrected chi connectivity index (χ4v) is 2.43. The molecule has 2 rings (SSSR count). The van der Waals surface area contributed by atoms with E-state index in [9.17, 15) is 9.59 Å². The van der Waals surface area contributed by atoms with Gasteiger partial charge in [-0.3, -0.25) is 10.1 Å². The molecule has 0 aliphatic heterocycles. The maximum absolute atomic E-state index is 11.8. The second kappa shape index (κ2) is 7.68. The van der Waals surface area contributed by atoms with Gasteiger partial charge in [0.05, 0.1) is 6.10 Å². The highest BCUT2D eigenvalue weighted by Crippen LogP contribution is 2.25. The van der Waals surface area contributed by atoms with Crippen LogP contribution in [0.3, 0.4) is 0 Å². The first-order valence-electron chi connectivity index (χ1n) is 7.64. The zero-order valence-electron chi connectivity index (χ0n) is 13.0. The van der Waals surface area contributed by atoms with Gasteiger partial charge in [0, 0.05) is 12.7 Å². The lowest BCUT2D eigenvalue weighted by molar-refractivity contribution is -0.120. The number of amides is 3. The van der Waals surface area contributed by atoms with Gasteiger partial charge in [0.1, 0.15) is 11.8 Å². The van der Waals surface area contributed by atoms with E-state index in [0.717, 1.165) is 24.3 Å². The quantitative estimate of drug-likeness (QED) is 0.779. The zero-order valence-corrected chi connectivity index (χ0v) is 13.0. The van der Waals surface area contributed by atoms with E-state index < -0.39 is 12.1 Å². The molecule has 120 valence electrons. The van der Waals surface area contributed by atoms with Crippen LogP contribution in [0.5, 0.6) is 5.75 Å². The Bertz CT molecular complexity index is 510. The third-order valence-corrected chi connectivity index (χ3v) is 3.70. The highest BCUT2D eigenvalue weighted by Gasteiger charge is 2.17. The van der Waals surface area contributed by atoms with Crippen molar-refractivity contribution in [3.8, 4) is 5.75 Å². The maximum atomic E-state index is 11.8. The van der Waals surface area contributed by atoms with Gasteiger partial charge >= 0.3 is 6.03 Å². The van der Waals surface area contributed by atoms with Gasteiger partial charge in [-0.1, -0.05) is 0 Å². The summed E-state index contributed by atoms with van der Waals surface area (Å²) in [6.07, 6.45) is 5.05. The molecule has 6 nitrogen and oxygen atoms in total. The van der Waals surface area contributed by atoms with Gasteiger partial charge in [-0.25, -0.2) is 4.79 Å². The second-order valence-corrected chi connectivity index (χ2v) is 5.48. The molecule has 0 heterocycles. The molecule has 1 unspecified atom stereocenters. The van der Waals surface area contributed by atoms with E-state index >= 15 is 0 Å². The lowest BCUT2D eigenvalue weighted by atomic mass is 10.2. The largest absolute Gasteiger partial charge is 0.490 e. The van der Waals surface area contributed by atoms with Crippen molar-refractivity contribution in [3.63, 3.8) is 0 Å². The first-order valence-corrected chi connectivity index (χ1v) is 7.64. The lowest BCUT2D eigenvalue weighted by Crippen LogP contribution is -2.44. The smallest absolute Gasteiger partial charge is 0.321 e. The van der Waals surface area contributed by atoms with E-state index in [1.54, 1.807) is 6.92 Å². The fourth-order valence-electron chi connectivity index (χ4n) is 2.43. The summed E-state index contributed by atoms with van der Waals surface area (Å²) in [4.78, 5) is 22.9. The third-order valence-electron chi connectivity index (χ3n) is 3.70. The minimum Gasteiger partial charge on any atom is -0.490 e. The molecule has 0 saturated heterocycles. The summed E-state index contributed by atoms with van der Waals surface area (Å²) in [5.74, 6) is 0.463. The molecule has 1 aliphatic carbocycles. The van der Waals surface area contributed by atoms with E-state index in [1.165, 1.54) is 19.9 Å². The third kappa shape index (κ3) is 4.65. The number of carbonyl (C=O) groups excluding carboxylic acids is 2. The molecule has 1 saturated carbocycles. The molecule has 0 spiro atoms. The molecular formula is C16H23N3O3. The van der Waals surface area contributed by atoms with Crippen LogP contribution in [-0.4, -0.2) is 31.1 Å². The fraction of sp³-hybridized carbons (Fsp3) is 0.500. The van der Waals surface area contributed by atoms with Crippen LogP contribution in [-0.2, 0) is 4.79 Å². The number of anilines is 1. The van der Waals surface area contributed by atoms with Crippen molar-refractivity contribution in [1.29, 1.82) is 0 Å². The van der Waals surface area contributed by atoms with Crippen molar-refractivity contribution in [1.82, 2.24) is 10.6 Å². The van der Waals surface area contributed by atoms with Gasteiger partial charge in [-0.05, 0) is 56.9 Å². The predicted octanol–water partition coefficient (Wildman–Crippen LogP) is 2.26. The summed E-state index contributed by atoms with van der Waals surface area (Å²) in [6.45, 7) is 1.70. The van der Waals surface area contributed by atoms with Crippen LogP contribution < -0.4 is 20.7 Å². The Hall–Kier alpha value is -2.24. The van der Waals surface area contributed by atoms with E-state index in [-0.39, 0.29) is 5.91 Å². The lowest BCUT2D eigenvalue weighted by Gasteiger charge is -2.16. The molecule has 1 fully saturated rings. The van der Waals surface area contributed by atoms with Crippen LogP contribution in [0.25, 0.3) is 0 Å². The van der Waals surface area contributed by atoms with Crippen LogP contribution in [0.1, 0.15) is 32.6 Å². The Morgan fingerprint density at radius 2 is 1.82 bits per heavy atom.